The van der Waals surface area contributed by atoms with Crippen LogP contribution in [0.2, 0.25) is 0 Å². The molecule has 0 spiro atoms. The van der Waals surface area contributed by atoms with Crippen molar-refractivity contribution in [1.29, 1.82) is 0 Å². The predicted molar refractivity (Wildman–Crippen MR) is 45.8 cm³/mol. The minimum absolute atomic E-state index is 0. The third-order valence-electron chi connectivity index (χ3n) is 1.29. The van der Waals surface area contributed by atoms with Gasteiger partial charge in [0.2, 0.25) is 0 Å². The van der Waals surface area contributed by atoms with Crippen LogP contribution in [0.5, 0.6) is 0 Å². The van der Waals surface area contributed by atoms with Crippen LogP contribution in [0.4, 0.5) is 0 Å². The summed E-state index contributed by atoms with van der Waals surface area (Å²) in [5.74, 6) is -0.933. The van der Waals surface area contributed by atoms with Crippen LogP contribution < -0.4 is 11.5 Å². The molecule has 0 radical (unpaired) electrons. The molecule has 5 N–H and O–H groups in total. The SMILES string of the molecule is Cl.N[13CH2][13CH2][13CH2][13CH2][13C@H](N)[13C](=O)O. The number of nitrogens with two attached hydrogens (primary N) is 2. The van der Waals surface area contributed by atoms with Gasteiger partial charge < -0.3 is 16.6 Å². The smallest absolute Gasteiger partial charge is 0.320 e. The second-order valence-electron chi connectivity index (χ2n) is 2.23. The van der Waals surface area contributed by atoms with Gasteiger partial charge in [0.15, 0.2) is 0 Å². The molecular formula is C6H15ClN2O2. The first-order valence-electron chi connectivity index (χ1n) is 3.37. The molecule has 0 aliphatic rings. The van der Waals surface area contributed by atoms with Crippen molar-refractivity contribution in [3.8, 4) is 0 Å². The molecule has 0 rings (SSSR count). The van der Waals surface area contributed by atoms with E-state index < -0.39 is 12.0 Å². The van der Waals surface area contributed by atoms with Crippen molar-refractivity contribution in [1.82, 2.24) is 0 Å². The Kier molecular flexibility index (Phi) is 9.40. The van der Waals surface area contributed by atoms with Gasteiger partial charge in [0.05, 0.1) is 0 Å². The highest BCUT2D eigenvalue weighted by molar-refractivity contribution is 5.85. The van der Waals surface area contributed by atoms with Crippen molar-refractivity contribution in [3.63, 3.8) is 0 Å². The van der Waals surface area contributed by atoms with Crippen LogP contribution >= 0.6 is 12.4 Å². The summed E-state index contributed by atoms with van der Waals surface area (Å²) >= 11 is 0. The normalized spacial score (nSPS) is 11.8. The molecule has 0 aromatic heterocycles. The molecule has 5 heteroatoms. The Morgan fingerprint density at radius 3 is 2.36 bits per heavy atom. The lowest BCUT2D eigenvalue weighted by atomic mass is 11.1. The van der Waals surface area contributed by atoms with Gasteiger partial charge >= 0.3 is 5.97 Å². The molecule has 0 unspecified atom stereocenters. The minimum Gasteiger partial charge on any atom is -0.480 e. The molecule has 0 bridgehead atoms. The molecule has 0 saturated carbocycles. The van der Waals surface area contributed by atoms with Crippen molar-refractivity contribution in [2.75, 3.05) is 6.54 Å². The molecule has 0 aromatic rings. The summed E-state index contributed by atoms with van der Waals surface area (Å²) in [6.07, 6.45) is 2.16. The third-order valence-corrected chi connectivity index (χ3v) is 1.29. The second-order valence-corrected chi connectivity index (χ2v) is 2.23. The summed E-state index contributed by atoms with van der Waals surface area (Å²) in [5.41, 5.74) is 10.4. The van der Waals surface area contributed by atoms with Gasteiger partial charge in [-0.15, -0.1) is 12.4 Å². The van der Waals surface area contributed by atoms with E-state index in [0.717, 1.165) is 12.8 Å². The number of carboxylic acid groups (broad SMARTS) is 1. The molecule has 0 aliphatic heterocycles. The summed E-state index contributed by atoms with van der Waals surface area (Å²) in [5, 5.41) is 8.33. The molecule has 0 heterocycles. The fourth-order valence-electron chi connectivity index (χ4n) is 0.632. The summed E-state index contributed by atoms with van der Waals surface area (Å²) < 4.78 is 0. The zero-order valence-electron chi connectivity index (χ0n) is 6.32. The van der Waals surface area contributed by atoms with E-state index in [1.54, 1.807) is 0 Å². The number of rotatable bonds is 5. The summed E-state index contributed by atoms with van der Waals surface area (Å²) in [6, 6.07) is -0.716. The minimum atomic E-state index is -0.933. The standard InChI is InChI=1S/C6H14N2O2.ClH/c7-4-2-1-3-5(8)6(9)10;/h5H,1-4,7-8H2,(H,9,10);1H/t5-;/m0./s1/i1+1,2+1,3+1,4+1,5+1,6+1;. The average Bonchev–Trinajstić information content (AvgIpc) is 1.88. The van der Waals surface area contributed by atoms with Crippen LogP contribution in [0, 0.1) is 0 Å². The molecule has 4 nitrogen and oxygen atoms in total. The maximum atomic E-state index is 10.1. The molecule has 0 aliphatic carbocycles. The third kappa shape index (κ3) is 7.58. The highest BCUT2D eigenvalue weighted by Crippen LogP contribution is 1.96. The van der Waals surface area contributed by atoms with E-state index in [1.165, 1.54) is 0 Å². The lowest BCUT2D eigenvalue weighted by Crippen LogP contribution is -2.29. The Morgan fingerprint density at radius 2 is 2.00 bits per heavy atom. The Balaban J connectivity index is 0. The Bertz CT molecular complexity index is 111. The number of carbonyl (C=O) groups is 1. The highest BCUT2D eigenvalue weighted by Gasteiger charge is 2.09. The first-order valence-corrected chi connectivity index (χ1v) is 3.37. The number of aliphatic carboxylic acids is 1. The van der Waals surface area contributed by atoms with Crippen molar-refractivity contribution in [3.05, 3.63) is 0 Å². The van der Waals surface area contributed by atoms with Gasteiger partial charge in [-0.05, 0) is 19.4 Å². The second kappa shape index (κ2) is 7.78. The zero-order valence-corrected chi connectivity index (χ0v) is 7.14. The lowest BCUT2D eigenvalue weighted by molar-refractivity contribution is -0.138. The topological polar surface area (TPSA) is 89.3 Å². The van der Waals surface area contributed by atoms with Gasteiger partial charge in [-0.1, -0.05) is 6.42 Å². The highest BCUT2D eigenvalue weighted by atomic mass is 35.5. The van der Waals surface area contributed by atoms with Crippen LogP contribution in [0.15, 0.2) is 0 Å². The van der Waals surface area contributed by atoms with Crippen LogP contribution in [0.1, 0.15) is 19.3 Å². The lowest BCUT2D eigenvalue weighted by Gasteiger charge is -2.03. The molecule has 0 aromatic carbocycles. The predicted octanol–water partition coefficient (Wildman–Crippen LogP) is -0.0509. The first kappa shape index (κ1) is 13.3. The monoisotopic (exact) mass is 188 g/mol. The molecule has 68 valence electrons. The number of hydrogen-bond donors (Lipinski definition) is 3. The van der Waals surface area contributed by atoms with Gasteiger partial charge in [0.1, 0.15) is 6.04 Å². The largest absolute Gasteiger partial charge is 0.480 e. The van der Waals surface area contributed by atoms with Crippen LogP contribution in [0.3, 0.4) is 0 Å². The summed E-state index contributed by atoms with van der Waals surface area (Å²) in [7, 11) is 0. The van der Waals surface area contributed by atoms with Crippen molar-refractivity contribution in [2.45, 2.75) is 25.3 Å². The van der Waals surface area contributed by atoms with Crippen molar-refractivity contribution >= 4 is 18.4 Å². The van der Waals surface area contributed by atoms with E-state index in [9.17, 15) is 4.79 Å². The van der Waals surface area contributed by atoms with Gasteiger partial charge in [-0.2, -0.15) is 0 Å². The van der Waals surface area contributed by atoms with Gasteiger partial charge in [-0.3, -0.25) is 4.79 Å². The van der Waals surface area contributed by atoms with Crippen molar-refractivity contribution < 1.29 is 9.90 Å². The number of carboxylic acids is 1. The Hall–Kier alpha value is -0.320. The van der Waals surface area contributed by atoms with E-state index in [-0.39, 0.29) is 12.4 Å². The van der Waals surface area contributed by atoms with E-state index in [4.69, 9.17) is 16.6 Å². The van der Waals surface area contributed by atoms with E-state index in [0.29, 0.717) is 13.0 Å². The summed E-state index contributed by atoms with van der Waals surface area (Å²) in [4.78, 5) is 10.1. The fourth-order valence-corrected chi connectivity index (χ4v) is 0.632. The van der Waals surface area contributed by atoms with Gasteiger partial charge in [0, 0.05) is 0 Å². The first-order chi connectivity index (χ1) is 4.68. The molecule has 0 saturated heterocycles. The molecule has 1 atom stereocenters. The van der Waals surface area contributed by atoms with Crippen LogP contribution in [0.25, 0.3) is 0 Å². The Morgan fingerprint density at radius 1 is 1.45 bits per heavy atom. The zero-order chi connectivity index (χ0) is 7.98. The van der Waals surface area contributed by atoms with E-state index in [2.05, 4.69) is 0 Å². The number of unbranched alkanes of at least 4 members (excludes halogenated alkanes) is 1. The maximum Gasteiger partial charge on any atom is 0.320 e. The van der Waals surface area contributed by atoms with Crippen LogP contribution in [-0.2, 0) is 4.79 Å². The van der Waals surface area contributed by atoms with Gasteiger partial charge in [-0.25, -0.2) is 0 Å². The van der Waals surface area contributed by atoms with E-state index in [1.807, 2.05) is 0 Å². The molecule has 11 heavy (non-hydrogen) atoms. The molecule has 0 amide bonds. The molecular weight excluding hydrogens is 173 g/mol. The summed E-state index contributed by atoms with van der Waals surface area (Å²) in [6.45, 7) is 0.604. The van der Waals surface area contributed by atoms with Crippen LogP contribution in [-0.4, -0.2) is 23.7 Å². The fraction of sp³-hybridized carbons (Fsp3) is 0.833. The number of hydrogen-bond acceptors (Lipinski definition) is 3. The maximum absolute atomic E-state index is 10.1. The Labute approximate surface area is 72.4 Å². The van der Waals surface area contributed by atoms with Gasteiger partial charge in [0.25, 0.3) is 0 Å². The average molecular weight is 189 g/mol. The van der Waals surface area contributed by atoms with E-state index >= 15 is 0 Å². The quantitative estimate of drug-likeness (QED) is 0.417. The van der Waals surface area contributed by atoms with Crippen molar-refractivity contribution in [2.24, 2.45) is 11.5 Å². The number of halogens is 1. The molecule has 0 fully saturated rings.